The maximum absolute atomic E-state index is 14.2. The monoisotopic (exact) mass is 873 g/mol. The van der Waals surface area contributed by atoms with Gasteiger partial charge in [-0.1, -0.05) is 55.0 Å². The van der Waals surface area contributed by atoms with E-state index in [0.29, 0.717) is 43.5 Å². The number of benzene rings is 2. The van der Waals surface area contributed by atoms with E-state index < -0.39 is 111 Å². The van der Waals surface area contributed by atoms with Crippen LogP contribution in [0.4, 0.5) is 17.6 Å². The van der Waals surface area contributed by atoms with Crippen LogP contribution < -0.4 is 27.0 Å². The number of carboxylic acids is 1. The number of rotatable bonds is 23. The van der Waals surface area contributed by atoms with Crippen molar-refractivity contribution < 1.29 is 80.1 Å². The Balaban J connectivity index is 2.20. The average Bonchev–Trinajstić information content (AvgIpc) is 3.10. The van der Waals surface area contributed by atoms with E-state index in [1.54, 1.807) is 0 Å². The molecule has 316 valence electrons. The molecule has 3 atom stereocenters. The van der Waals surface area contributed by atoms with Crippen molar-refractivity contribution in [3.8, 4) is 0 Å². The van der Waals surface area contributed by atoms with Crippen LogP contribution >= 0.6 is 27.8 Å². The number of carbonyl (C=O) groups excluding carboxylic acids is 5. The Labute approximate surface area is 327 Å². The minimum Gasteiger partial charge on any atom is -0.481 e. The Hall–Kier alpha value is -4.37. The summed E-state index contributed by atoms with van der Waals surface area (Å²) in [5, 5.41) is 18.8. The highest BCUT2D eigenvalue weighted by atomic mass is 32.1. The van der Waals surface area contributed by atoms with Crippen molar-refractivity contribution in [1.29, 1.82) is 0 Å². The first-order chi connectivity index (χ1) is 26.3. The molecule has 0 aliphatic heterocycles. The molecule has 2 aromatic carbocycles. The van der Waals surface area contributed by atoms with Gasteiger partial charge >= 0.3 is 32.5 Å². The summed E-state index contributed by atoms with van der Waals surface area (Å²) in [6, 6.07) is 2.25. The van der Waals surface area contributed by atoms with E-state index in [0.717, 1.165) is 24.3 Å². The van der Waals surface area contributed by atoms with Gasteiger partial charge in [0.05, 0.1) is 12.8 Å². The lowest BCUT2D eigenvalue weighted by atomic mass is 10.0. The van der Waals surface area contributed by atoms with Crippen molar-refractivity contribution in [2.75, 3.05) is 12.3 Å². The first-order valence-electron chi connectivity index (χ1n) is 16.6. The lowest BCUT2D eigenvalue weighted by Gasteiger charge is -2.23. The number of unbranched alkanes of at least 4 members (excludes halogenated alkanes) is 2. The zero-order chi connectivity index (χ0) is 43.4. The number of primary amides is 1. The maximum Gasteiger partial charge on any atom is 0.399 e. The third kappa shape index (κ3) is 14.8. The summed E-state index contributed by atoms with van der Waals surface area (Å²) in [5.41, 5.74) is -5.91. The molecule has 0 aromatic heterocycles. The van der Waals surface area contributed by atoms with Crippen molar-refractivity contribution in [2.24, 2.45) is 5.73 Å². The average molecular weight is 874 g/mol. The minimum atomic E-state index is -5.92. The highest BCUT2D eigenvalue weighted by molar-refractivity contribution is 7.80. The normalized spacial score (nSPS) is 13.8. The Morgan fingerprint density at radius 1 is 0.684 bits per heavy atom. The highest BCUT2D eigenvalue weighted by Gasteiger charge is 2.51. The second kappa shape index (κ2) is 20.9. The van der Waals surface area contributed by atoms with E-state index >= 15 is 0 Å². The number of carboxylic acid groups (broad SMARTS) is 1. The number of nitrogens with two attached hydrogens (primary N) is 1. The lowest BCUT2D eigenvalue weighted by Crippen LogP contribution is -2.55. The summed E-state index contributed by atoms with van der Waals surface area (Å²) in [4.78, 5) is 110. The predicted octanol–water partition coefficient (Wildman–Crippen LogP) is 0.947. The SMILES string of the molecule is NC(=O)[C@@H](CS)NC(=O)CCCCCNC(=O)[C@H](Cc1ccc(C(F)(F)P(=O)(O)O)cc1)NC(=O)[C@@H](CC(=O)O)NC(=O)Cc1ccc(C(F)(F)P(=O)(O)O)cc1. The molecule has 0 radical (unpaired) electrons. The molecule has 0 heterocycles. The third-order valence-electron chi connectivity index (χ3n) is 8.04. The number of carbonyl (C=O) groups is 6. The van der Waals surface area contributed by atoms with Crippen LogP contribution in [0.15, 0.2) is 48.5 Å². The van der Waals surface area contributed by atoms with Crippen LogP contribution in [0.1, 0.15) is 54.4 Å². The van der Waals surface area contributed by atoms with Crippen LogP contribution in [-0.4, -0.2) is 90.6 Å². The fourth-order valence-corrected chi connectivity index (χ4v) is 6.17. The first kappa shape index (κ1) is 48.8. The summed E-state index contributed by atoms with van der Waals surface area (Å²) in [6.07, 6.45) is -1.06. The predicted molar refractivity (Wildman–Crippen MR) is 195 cm³/mol. The highest BCUT2D eigenvalue weighted by Crippen LogP contribution is 2.60. The van der Waals surface area contributed by atoms with Gasteiger partial charge in [-0.25, -0.2) is 0 Å². The standard InChI is InChI=1S/C32H41F4N5O13P2S/c33-31(34,55(49,50)51)20-9-5-18(6-10-20)14-22(29(47)38-13-3-1-2-4-25(42)40-24(17-57)28(37)46)41-30(48)23(16-27(44)45)39-26(43)15-19-7-11-21(12-8-19)32(35,36)56(52,53)54/h5-12,22-24,57H,1-4,13-17H2,(H2,37,46)(H,38,47)(H,39,43)(H,40,42)(H,41,48)(H,44,45)(H2,49,50,51)(H2,52,53,54)/t22-,23+,24+/m0/s1. The fraction of sp³-hybridized carbons (Fsp3) is 0.438. The minimum absolute atomic E-state index is 0.00971. The summed E-state index contributed by atoms with van der Waals surface area (Å²) in [7, 11) is -11.8. The topological polar surface area (TPSA) is 312 Å². The van der Waals surface area contributed by atoms with E-state index in [9.17, 15) is 60.6 Å². The number of aliphatic carboxylic acids is 1. The second-order valence-electron chi connectivity index (χ2n) is 12.5. The van der Waals surface area contributed by atoms with Crippen LogP contribution in [0.25, 0.3) is 0 Å². The van der Waals surface area contributed by atoms with E-state index in [-0.39, 0.29) is 29.8 Å². The van der Waals surface area contributed by atoms with Gasteiger partial charge in [-0.15, -0.1) is 0 Å². The molecule has 0 unspecified atom stereocenters. The fourth-order valence-electron chi connectivity index (χ4n) is 4.93. The molecule has 0 saturated carbocycles. The molecular formula is C32H41F4N5O13P2S. The molecule has 25 heteroatoms. The smallest absolute Gasteiger partial charge is 0.399 e. The van der Waals surface area contributed by atoms with Gasteiger partial charge in [0.15, 0.2) is 0 Å². The third-order valence-corrected chi connectivity index (χ3v) is 10.4. The summed E-state index contributed by atoms with van der Waals surface area (Å²) in [5.74, 6) is -5.89. The van der Waals surface area contributed by atoms with E-state index in [4.69, 9.17) is 25.3 Å². The van der Waals surface area contributed by atoms with Gasteiger partial charge in [-0.2, -0.15) is 30.2 Å². The molecule has 0 bridgehead atoms. The zero-order valence-electron chi connectivity index (χ0n) is 29.6. The summed E-state index contributed by atoms with van der Waals surface area (Å²) in [6.45, 7) is -0.0189. The van der Waals surface area contributed by atoms with E-state index in [1.807, 2.05) is 0 Å². The molecule has 0 aliphatic carbocycles. The van der Waals surface area contributed by atoms with E-state index in [2.05, 4.69) is 33.9 Å². The van der Waals surface area contributed by atoms with Gasteiger partial charge in [-0.3, -0.25) is 37.9 Å². The Morgan fingerprint density at radius 2 is 1.18 bits per heavy atom. The summed E-state index contributed by atoms with van der Waals surface area (Å²) < 4.78 is 78.8. The molecule has 11 N–H and O–H groups in total. The Bertz CT molecular complexity index is 1870. The number of nitrogens with one attached hydrogen (secondary N) is 4. The van der Waals surface area contributed by atoms with Crippen LogP contribution in [0.5, 0.6) is 0 Å². The molecule has 0 fully saturated rings. The summed E-state index contributed by atoms with van der Waals surface area (Å²) >= 11 is 3.93. The second-order valence-corrected chi connectivity index (χ2v) is 16.2. The number of hydrogen-bond donors (Lipinski definition) is 11. The number of alkyl halides is 4. The molecule has 18 nitrogen and oxygen atoms in total. The van der Waals surface area contributed by atoms with Crippen LogP contribution in [0, 0.1) is 0 Å². The van der Waals surface area contributed by atoms with Gasteiger partial charge in [-0.05, 0) is 24.0 Å². The molecule has 2 rings (SSSR count). The quantitative estimate of drug-likeness (QED) is 0.0321. The molecule has 0 saturated heterocycles. The van der Waals surface area contributed by atoms with Gasteiger partial charge in [0, 0.05) is 36.3 Å². The molecule has 0 aliphatic rings. The number of halogens is 4. The van der Waals surface area contributed by atoms with Crippen molar-refractivity contribution >= 4 is 63.3 Å². The van der Waals surface area contributed by atoms with E-state index in [1.165, 1.54) is 0 Å². The number of hydrogen-bond acceptors (Lipinski definition) is 9. The van der Waals surface area contributed by atoms with Crippen molar-refractivity contribution in [3.63, 3.8) is 0 Å². The van der Waals surface area contributed by atoms with Crippen LogP contribution in [0.3, 0.4) is 0 Å². The lowest BCUT2D eigenvalue weighted by molar-refractivity contribution is -0.141. The van der Waals surface area contributed by atoms with Crippen LogP contribution in [0.2, 0.25) is 0 Å². The van der Waals surface area contributed by atoms with Crippen molar-refractivity contribution in [2.45, 2.75) is 74.4 Å². The number of amides is 5. The number of thiol groups is 1. The first-order valence-corrected chi connectivity index (χ1v) is 20.5. The molecule has 0 spiro atoms. The van der Waals surface area contributed by atoms with Gasteiger partial charge in [0.25, 0.3) is 0 Å². The van der Waals surface area contributed by atoms with Gasteiger partial charge < -0.3 is 51.7 Å². The molecular weight excluding hydrogens is 832 g/mol. The molecule has 2 aromatic rings. The van der Waals surface area contributed by atoms with Crippen molar-refractivity contribution in [1.82, 2.24) is 21.3 Å². The van der Waals surface area contributed by atoms with Crippen molar-refractivity contribution in [3.05, 3.63) is 70.8 Å². The molecule has 57 heavy (non-hydrogen) atoms. The zero-order valence-corrected chi connectivity index (χ0v) is 32.3. The van der Waals surface area contributed by atoms with Gasteiger partial charge in [0.1, 0.15) is 18.1 Å². The Kier molecular flexibility index (Phi) is 17.9. The Morgan fingerprint density at radius 3 is 1.63 bits per heavy atom. The van der Waals surface area contributed by atoms with Crippen LogP contribution in [-0.2, 0) is 62.1 Å². The maximum atomic E-state index is 14.2. The largest absolute Gasteiger partial charge is 0.481 e. The van der Waals surface area contributed by atoms with Gasteiger partial charge in [0.2, 0.25) is 29.5 Å². The molecule has 5 amide bonds.